The van der Waals surface area contributed by atoms with Gasteiger partial charge >= 0.3 is 5.92 Å². The van der Waals surface area contributed by atoms with Crippen molar-refractivity contribution >= 4 is 22.7 Å². The van der Waals surface area contributed by atoms with E-state index in [9.17, 15) is 9.90 Å². The largest absolute Gasteiger partial charge is 0.435 e. The van der Waals surface area contributed by atoms with Crippen molar-refractivity contribution in [2.24, 2.45) is 0 Å². The van der Waals surface area contributed by atoms with Crippen LogP contribution in [0.4, 0.5) is 14.5 Å². The molecule has 0 fully saturated rings. The molecule has 7 heteroatoms. The fourth-order valence-electron chi connectivity index (χ4n) is 3.21. The van der Waals surface area contributed by atoms with Crippen LogP contribution in [0.5, 0.6) is 0 Å². The predicted octanol–water partition coefficient (Wildman–Crippen LogP) is 3.17. The van der Waals surface area contributed by atoms with E-state index in [0.29, 0.717) is 0 Å². The van der Waals surface area contributed by atoms with E-state index in [1.54, 1.807) is 25.1 Å². The number of fused-ring (bicyclic) bond motifs is 2. The molecule has 5 nitrogen and oxygen atoms in total. The van der Waals surface area contributed by atoms with Crippen molar-refractivity contribution in [2.75, 3.05) is 11.4 Å². The Morgan fingerprint density at radius 2 is 1.88 bits per heavy atom. The summed E-state index contributed by atoms with van der Waals surface area (Å²) in [6, 6.07) is 12.2. The van der Waals surface area contributed by atoms with Crippen molar-refractivity contribution in [3.05, 3.63) is 60.0 Å². The number of benzene rings is 2. The molecule has 1 unspecified atom stereocenters. The normalized spacial score (nSPS) is 20.3. The summed E-state index contributed by atoms with van der Waals surface area (Å²) in [5, 5.41) is 10.9. The van der Waals surface area contributed by atoms with Gasteiger partial charge < -0.3 is 14.4 Å². The number of likely N-dealkylation sites (N-methyl/N-ethyl adjacent to an activating group) is 1. The lowest BCUT2D eigenvalue weighted by Crippen LogP contribution is -2.51. The van der Waals surface area contributed by atoms with Crippen molar-refractivity contribution in [3.8, 4) is 0 Å². The highest BCUT2D eigenvalue weighted by Crippen LogP contribution is 2.53. The van der Waals surface area contributed by atoms with Gasteiger partial charge in [0.1, 0.15) is 5.52 Å². The van der Waals surface area contributed by atoms with Crippen LogP contribution in [0.25, 0.3) is 11.1 Å². The molecule has 0 bridgehead atoms. The minimum Gasteiger partial charge on any atom is -0.435 e. The minimum atomic E-state index is -4.04. The number of carbonyl (C=O) groups excluding carboxylic acids is 1. The maximum atomic E-state index is 15.3. The maximum absolute atomic E-state index is 15.3. The smallest absolute Gasteiger partial charge is 0.363 e. The summed E-state index contributed by atoms with van der Waals surface area (Å²) in [6.45, 7) is 1.81. The topological polar surface area (TPSA) is 66.6 Å². The van der Waals surface area contributed by atoms with E-state index in [1.807, 2.05) is 0 Å². The van der Waals surface area contributed by atoms with Gasteiger partial charge in [-0.25, -0.2) is 4.98 Å². The van der Waals surface area contributed by atoms with Crippen LogP contribution in [0.1, 0.15) is 18.4 Å². The van der Waals surface area contributed by atoms with Crippen LogP contribution in [0.3, 0.4) is 0 Å². The molecule has 0 aliphatic carbocycles. The molecular formula is C18H14F2N2O3. The summed E-state index contributed by atoms with van der Waals surface area (Å²) >= 11 is 0. The quantitative estimate of drug-likeness (QED) is 0.792. The lowest BCUT2D eigenvalue weighted by molar-refractivity contribution is -0.204. The number of hydrogen-bond donors (Lipinski definition) is 1. The van der Waals surface area contributed by atoms with E-state index in [0.717, 1.165) is 4.90 Å². The van der Waals surface area contributed by atoms with E-state index in [4.69, 9.17) is 4.42 Å². The molecule has 2 heterocycles. The summed E-state index contributed by atoms with van der Waals surface area (Å²) in [5.41, 5.74) is -2.58. The summed E-state index contributed by atoms with van der Waals surface area (Å²) < 4.78 is 35.7. The van der Waals surface area contributed by atoms with Crippen molar-refractivity contribution in [1.29, 1.82) is 0 Å². The van der Waals surface area contributed by atoms with Gasteiger partial charge in [0, 0.05) is 12.1 Å². The zero-order valence-corrected chi connectivity index (χ0v) is 13.2. The Kier molecular flexibility index (Phi) is 3.20. The van der Waals surface area contributed by atoms with Gasteiger partial charge in [-0.15, -0.1) is 0 Å². The Balaban J connectivity index is 1.93. The molecular weight excluding hydrogens is 330 g/mol. The van der Waals surface area contributed by atoms with E-state index in [1.165, 1.54) is 30.3 Å². The SMILES string of the molecule is CCN1C(=O)C(O)(C(F)(F)c2nc3ccccc3o2)c2ccccc21. The molecule has 0 radical (unpaired) electrons. The molecule has 1 aliphatic rings. The van der Waals surface area contributed by atoms with Crippen molar-refractivity contribution in [1.82, 2.24) is 4.98 Å². The number of halogens is 2. The third-order valence-electron chi connectivity index (χ3n) is 4.47. The van der Waals surface area contributed by atoms with Crippen molar-refractivity contribution in [3.63, 3.8) is 0 Å². The predicted molar refractivity (Wildman–Crippen MR) is 86.3 cm³/mol. The van der Waals surface area contributed by atoms with Crippen molar-refractivity contribution in [2.45, 2.75) is 18.4 Å². The number of aromatic nitrogens is 1. The van der Waals surface area contributed by atoms with Crippen LogP contribution >= 0.6 is 0 Å². The van der Waals surface area contributed by atoms with Crippen LogP contribution in [0.2, 0.25) is 0 Å². The number of alkyl halides is 2. The first-order valence-electron chi connectivity index (χ1n) is 7.79. The van der Waals surface area contributed by atoms with Gasteiger partial charge in [-0.05, 0) is 25.1 Å². The number of oxazole rings is 1. The summed E-state index contributed by atoms with van der Waals surface area (Å²) in [6.07, 6.45) is 0. The second kappa shape index (κ2) is 5.10. The number of rotatable bonds is 3. The molecule has 1 atom stereocenters. The number of amides is 1. The molecule has 1 amide bonds. The summed E-state index contributed by atoms with van der Waals surface area (Å²) in [4.78, 5) is 17.6. The lowest BCUT2D eigenvalue weighted by Gasteiger charge is -2.29. The first-order chi connectivity index (χ1) is 11.9. The Morgan fingerprint density at radius 1 is 1.20 bits per heavy atom. The lowest BCUT2D eigenvalue weighted by atomic mass is 9.88. The number of aliphatic hydroxyl groups is 1. The second-order valence-electron chi connectivity index (χ2n) is 5.84. The summed E-state index contributed by atoms with van der Waals surface area (Å²) in [5.74, 6) is -6.12. The zero-order chi connectivity index (χ0) is 17.8. The van der Waals surface area contributed by atoms with Crippen LogP contribution in [0, 0.1) is 0 Å². The summed E-state index contributed by atoms with van der Waals surface area (Å²) in [7, 11) is 0. The maximum Gasteiger partial charge on any atom is 0.363 e. The molecule has 3 aromatic rings. The standard InChI is InChI=1S/C18H14F2N2O3/c1-2-22-13-9-5-3-7-11(13)17(24,16(22)23)18(19,20)15-21-12-8-4-6-10-14(12)25-15/h3-10,24H,2H2,1H3. The number of nitrogens with zero attached hydrogens (tertiary/aromatic N) is 2. The molecule has 1 aromatic heterocycles. The van der Waals surface area contributed by atoms with Gasteiger partial charge in [0.2, 0.25) is 5.60 Å². The third kappa shape index (κ3) is 1.90. The molecule has 25 heavy (non-hydrogen) atoms. The highest BCUT2D eigenvalue weighted by atomic mass is 19.3. The van der Waals surface area contributed by atoms with Gasteiger partial charge in [-0.2, -0.15) is 8.78 Å². The Morgan fingerprint density at radius 3 is 2.60 bits per heavy atom. The molecule has 0 saturated carbocycles. The minimum absolute atomic E-state index is 0.155. The zero-order valence-electron chi connectivity index (χ0n) is 13.2. The van der Waals surface area contributed by atoms with E-state index in [-0.39, 0.29) is 28.9 Å². The monoisotopic (exact) mass is 344 g/mol. The number of anilines is 1. The molecule has 1 N–H and O–H groups in total. The first-order valence-corrected chi connectivity index (χ1v) is 7.79. The van der Waals surface area contributed by atoms with Crippen LogP contribution in [0.15, 0.2) is 52.9 Å². The Bertz CT molecular complexity index is 952. The number of carbonyl (C=O) groups is 1. The second-order valence-corrected chi connectivity index (χ2v) is 5.84. The molecule has 2 aromatic carbocycles. The van der Waals surface area contributed by atoms with Crippen LogP contribution in [-0.4, -0.2) is 22.5 Å². The fourth-order valence-corrected chi connectivity index (χ4v) is 3.21. The van der Waals surface area contributed by atoms with Crippen molar-refractivity contribution < 1.29 is 23.1 Å². The molecule has 0 spiro atoms. The van der Waals surface area contributed by atoms with Gasteiger partial charge in [-0.1, -0.05) is 30.3 Å². The van der Waals surface area contributed by atoms with Gasteiger partial charge in [0.05, 0.1) is 5.69 Å². The fraction of sp³-hybridized carbons (Fsp3) is 0.222. The third-order valence-corrected chi connectivity index (χ3v) is 4.47. The van der Waals surface area contributed by atoms with Gasteiger partial charge in [-0.3, -0.25) is 4.79 Å². The Hall–Kier alpha value is -2.80. The number of para-hydroxylation sites is 3. The first kappa shape index (κ1) is 15.7. The number of hydrogen-bond acceptors (Lipinski definition) is 4. The average Bonchev–Trinajstić information content (AvgIpc) is 3.15. The van der Waals surface area contributed by atoms with Gasteiger partial charge in [0.25, 0.3) is 11.8 Å². The molecule has 4 rings (SSSR count). The molecule has 0 saturated heterocycles. The highest BCUT2D eigenvalue weighted by molar-refractivity contribution is 6.07. The Labute approximate surface area is 141 Å². The van der Waals surface area contributed by atoms with E-state index >= 15 is 8.78 Å². The van der Waals surface area contributed by atoms with E-state index in [2.05, 4.69) is 4.98 Å². The highest BCUT2D eigenvalue weighted by Gasteiger charge is 2.68. The van der Waals surface area contributed by atoms with Crippen LogP contribution < -0.4 is 4.90 Å². The van der Waals surface area contributed by atoms with E-state index < -0.39 is 23.3 Å². The molecule has 1 aliphatic heterocycles. The average molecular weight is 344 g/mol. The molecule has 128 valence electrons. The van der Waals surface area contributed by atoms with Gasteiger partial charge in [0.15, 0.2) is 5.58 Å². The van der Waals surface area contributed by atoms with Crippen LogP contribution in [-0.2, 0) is 16.3 Å².